The predicted molar refractivity (Wildman–Crippen MR) is 86.1 cm³/mol. The molecule has 2 aromatic heterocycles. The van der Waals surface area contributed by atoms with Crippen molar-refractivity contribution in [1.82, 2.24) is 9.97 Å². The number of rotatable bonds is 1. The van der Waals surface area contributed by atoms with E-state index in [0.717, 1.165) is 43.2 Å². The van der Waals surface area contributed by atoms with Crippen molar-refractivity contribution in [2.75, 3.05) is 13.2 Å². The van der Waals surface area contributed by atoms with E-state index in [1.807, 2.05) is 6.07 Å². The standard InChI is InChI=1S/C18H17F3N2O/c1-10-8-14(18(19,20)21)13-3-2-12-9-15(11-4-6-24-7-5-11)23-16(12)17(13)22-10/h2-3,8-9,11,23H,4-7H2,1H3. The van der Waals surface area contributed by atoms with E-state index in [4.69, 9.17) is 4.74 Å². The van der Waals surface area contributed by atoms with Crippen LogP contribution >= 0.6 is 0 Å². The van der Waals surface area contributed by atoms with E-state index >= 15 is 0 Å². The average molecular weight is 334 g/mol. The van der Waals surface area contributed by atoms with Crippen molar-refractivity contribution < 1.29 is 17.9 Å². The number of halogens is 3. The number of hydrogen-bond donors (Lipinski definition) is 1. The molecule has 0 bridgehead atoms. The van der Waals surface area contributed by atoms with Gasteiger partial charge >= 0.3 is 6.18 Å². The largest absolute Gasteiger partial charge is 0.417 e. The van der Waals surface area contributed by atoms with E-state index in [1.54, 1.807) is 13.0 Å². The van der Waals surface area contributed by atoms with Crippen molar-refractivity contribution in [3.63, 3.8) is 0 Å². The van der Waals surface area contributed by atoms with E-state index in [2.05, 4.69) is 9.97 Å². The molecule has 1 aromatic carbocycles. The van der Waals surface area contributed by atoms with Crippen molar-refractivity contribution in [3.8, 4) is 0 Å². The molecule has 0 atom stereocenters. The zero-order chi connectivity index (χ0) is 16.9. The minimum Gasteiger partial charge on any atom is -0.381 e. The number of fused-ring (bicyclic) bond motifs is 3. The lowest BCUT2D eigenvalue weighted by Crippen LogP contribution is -2.14. The fourth-order valence-corrected chi connectivity index (χ4v) is 3.50. The van der Waals surface area contributed by atoms with Gasteiger partial charge < -0.3 is 9.72 Å². The van der Waals surface area contributed by atoms with Gasteiger partial charge in [-0.25, -0.2) is 0 Å². The molecule has 3 heterocycles. The lowest BCUT2D eigenvalue weighted by Gasteiger charge is -2.20. The van der Waals surface area contributed by atoms with Gasteiger partial charge in [0.2, 0.25) is 0 Å². The summed E-state index contributed by atoms with van der Waals surface area (Å²) in [7, 11) is 0. The second-order valence-corrected chi connectivity index (χ2v) is 6.35. The maximum Gasteiger partial charge on any atom is 0.417 e. The Morgan fingerprint density at radius 3 is 2.62 bits per heavy atom. The molecule has 3 nitrogen and oxygen atoms in total. The first-order valence-corrected chi connectivity index (χ1v) is 8.01. The summed E-state index contributed by atoms with van der Waals surface area (Å²) in [4.78, 5) is 7.71. The smallest absolute Gasteiger partial charge is 0.381 e. The van der Waals surface area contributed by atoms with Crippen LogP contribution in [0, 0.1) is 6.92 Å². The summed E-state index contributed by atoms with van der Waals surface area (Å²) in [6.45, 7) is 3.03. The zero-order valence-corrected chi connectivity index (χ0v) is 13.2. The highest BCUT2D eigenvalue weighted by molar-refractivity contribution is 6.04. The molecule has 0 amide bonds. The fraction of sp³-hybridized carbons (Fsp3) is 0.389. The summed E-state index contributed by atoms with van der Waals surface area (Å²) in [6.07, 6.45) is -2.55. The topological polar surface area (TPSA) is 37.9 Å². The van der Waals surface area contributed by atoms with Gasteiger partial charge in [-0.15, -0.1) is 0 Å². The Morgan fingerprint density at radius 1 is 1.17 bits per heavy atom. The molecular weight excluding hydrogens is 317 g/mol. The number of nitrogens with one attached hydrogen (secondary N) is 1. The van der Waals surface area contributed by atoms with Crippen LogP contribution in [0.1, 0.15) is 35.7 Å². The second-order valence-electron chi connectivity index (χ2n) is 6.35. The molecule has 0 saturated carbocycles. The number of alkyl halides is 3. The van der Waals surface area contributed by atoms with E-state index in [1.165, 1.54) is 6.07 Å². The molecule has 3 aromatic rings. The Kier molecular flexibility index (Phi) is 3.53. The zero-order valence-electron chi connectivity index (χ0n) is 13.2. The third-order valence-corrected chi connectivity index (χ3v) is 4.69. The molecule has 1 fully saturated rings. The molecule has 0 aliphatic carbocycles. The molecule has 24 heavy (non-hydrogen) atoms. The first kappa shape index (κ1) is 15.4. The lowest BCUT2D eigenvalue weighted by atomic mass is 9.97. The second kappa shape index (κ2) is 5.48. The number of H-pyrrole nitrogens is 1. The van der Waals surface area contributed by atoms with Gasteiger partial charge in [-0.1, -0.05) is 12.1 Å². The Labute approximate surface area is 136 Å². The van der Waals surface area contributed by atoms with Gasteiger partial charge in [-0.05, 0) is 31.9 Å². The molecule has 1 N–H and O–H groups in total. The SMILES string of the molecule is Cc1cc(C(F)(F)F)c2ccc3cc(C4CCOCC4)[nH]c3c2n1. The Morgan fingerprint density at radius 2 is 1.92 bits per heavy atom. The molecule has 6 heteroatoms. The van der Waals surface area contributed by atoms with E-state index in [-0.39, 0.29) is 5.39 Å². The van der Waals surface area contributed by atoms with Crippen LogP contribution in [0.5, 0.6) is 0 Å². The number of aromatic nitrogens is 2. The van der Waals surface area contributed by atoms with Gasteiger partial charge in [0, 0.05) is 41.3 Å². The molecule has 0 radical (unpaired) electrons. The molecule has 1 saturated heterocycles. The van der Waals surface area contributed by atoms with Gasteiger partial charge in [-0.2, -0.15) is 13.2 Å². The lowest BCUT2D eigenvalue weighted by molar-refractivity contribution is -0.136. The predicted octanol–water partition coefficient (Wildman–Crippen LogP) is 4.94. The highest BCUT2D eigenvalue weighted by atomic mass is 19.4. The molecule has 4 rings (SSSR count). The number of pyridine rings is 1. The normalized spacial score (nSPS) is 17.0. The summed E-state index contributed by atoms with van der Waals surface area (Å²) in [5.74, 6) is 0.355. The molecule has 126 valence electrons. The van der Waals surface area contributed by atoms with Gasteiger partial charge in [0.05, 0.1) is 16.6 Å². The summed E-state index contributed by atoms with van der Waals surface area (Å²) in [5.41, 5.74) is 1.86. The molecule has 0 unspecified atom stereocenters. The van der Waals surface area contributed by atoms with E-state index < -0.39 is 11.7 Å². The Bertz CT molecular complexity index is 908. The van der Waals surface area contributed by atoms with Crippen molar-refractivity contribution in [1.29, 1.82) is 0 Å². The Balaban J connectivity index is 1.93. The number of aromatic amines is 1. The molecule has 1 aliphatic heterocycles. The highest BCUT2D eigenvalue weighted by Gasteiger charge is 2.33. The number of aryl methyl sites for hydroxylation is 1. The van der Waals surface area contributed by atoms with Crippen LogP contribution in [0.15, 0.2) is 24.3 Å². The summed E-state index contributed by atoms with van der Waals surface area (Å²) < 4.78 is 45.4. The maximum absolute atomic E-state index is 13.3. The Hall–Kier alpha value is -2.08. The van der Waals surface area contributed by atoms with Gasteiger partial charge in [0.15, 0.2) is 0 Å². The summed E-state index contributed by atoms with van der Waals surface area (Å²) in [5, 5.41) is 1.04. The molecule has 1 aliphatic rings. The van der Waals surface area contributed by atoms with Gasteiger partial charge in [0.25, 0.3) is 0 Å². The minimum absolute atomic E-state index is 0.140. The van der Waals surface area contributed by atoms with Crippen molar-refractivity contribution in [3.05, 3.63) is 41.2 Å². The van der Waals surface area contributed by atoms with Crippen LogP contribution in [-0.2, 0) is 10.9 Å². The van der Waals surface area contributed by atoms with E-state index in [9.17, 15) is 13.2 Å². The first-order valence-electron chi connectivity index (χ1n) is 8.01. The van der Waals surface area contributed by atoms with Crippen molar-refractivity contribution >= 4 is 21.8 Å². The third kappa shape index (κ3) is 2.55. The number of nitrogens with zero attached hydrogens (tertiary/aromatic N) is 1. The number of ether oxygens (including phenoxy) is 1. The minimum atomic E-state index is -4.39. The van der Waals surface area contributed by atoms with Gasteiger partial charge in [0.1, 0.15) is 0 Å². The first-order chi connectivity index (χ1) is 11.4. The van der Waals surface area contributed by atoms with Crippen molar-refractivity contribution in [2.24, 2.45) is 0 Å². The monoisotopic (exact) mass is 334 g/mol. The van der Waals surface area contributed by atoms with Crippen LogP contribution < -0.4 is 0 Å². The summed E-state index contributed by atoms with van der Waals surface area (Å²) in [6, 6.07) is 6.40. The average Bonchev–Trinajstić information content (AvgIpc) is 2.99. The third-order valence-electron chi connectivity index (χ3n) is 4.69. The maximum atomic E-state index is 13.3. The van der Waals surface area contributed by atoms with Crippen LogP contribution in [0.3, 0.4) is 0 Å². The van der Waals surface area contributed by atoms with E-state index in [0.29, 0.717) is 22.6 Å². The van der Waals surface area contributed by atoms with Crippen LogP contribution in [0.2, 0.25) is 0 Å². The molecular formula is C18H17F3N2O. The van der Waals surface area contributed by atoms with Crippen LogP contribution in [-0.4, -0.2) is 23.2 Å². The number of benzene rings is 1. The van der Waals surface area contributed by atoms with Gasteiger partial charge in [-0.3, -0.25) is 4.98 Å². The number of hydrogen-bond acceptors (Lipinski definition) is 2. The van der Waals surface area contributed by atoms with Crippen molar-refractivity contribution in [2.45, 2.75) is 31.9 Å². The van der Waals surface area contributed by atoms with Crippen LogP contribution in [0.4, 0.5) is 13.2 Å². The fourth-order valence-electron chi connectivity index (χ4n) is 3.50. The molecule has 0 spiro atoms. The van der Waals surface area contributed by atoms with Crippen LogP contribution in [0.25, 0.3) is 21.8 Å². The highest BCUT2D eigenvalue weighted by Crippen LogP contribution is 2.38. The summed E-state index contributed by atoms with van der Waals surface area (Å²) >= 11 is 0. The quantitative estimate of drug-likeness (QED) is 0.685.